The Kier molecular flexibility index (Phi) is 10.5. The number of esters is 2. The molecule has 1 aliphatic rings. The first-order valence-corrected chi connectivity index (χ1v) is 12.7. The van der Waals surface area contributed by atoms with Crippen LogP contribution >= 0.6 is 0 Å². The Balaban J connectivity index is 2.20. The molecule has 180 valence electrons. The monoisotopic (exact) mass is 496 g/mol. The molecule has 0 amide bonds. The van der Waals surface area contributed by atoms with Crippen molar-refractivity contribution in [3.8, 4) is 0 Å². The van der Waals surface area contributed by atoms with Crippen LogP contribution in [0.1, 0.15) is 68.7 Å². The van der Waals surface area contributed by atoms with Gasteiger partial charge in [-0.2, -0.15) is 8.42 Å². The summed E-state index contributed by atoms with van der Waals surface area (Å²) in [6.45, 7) is -0.460. The molecular weight excluding hydrogens is 472 g/mol. The molecule has 1 aromatic carbocycles. The minimum absolute atomic E-state index is 0.0307. The first kappa shape index (κ1) is 29.0. The van der Waals surface area contributed by atoms with Gasteiger partial charge in [0.05, 0.1) is 48.4 Å². The topological polar surface area (TPSA) is 144 Å². The number of ether oxygens (including phenoxy) is 2. The summed E-state index contributed by atoms with van der Waals surface area (Å²) >= 11 is 0. The van der Waals surface area contributed by atoms with Crippen LogP contribution in [-0.4, -0.2) is 85.8 Å². The van der Waals surface area contributed by atoms with Gasteiger partial charge >= 0.3 is 17.9 Å². The first-order chi connectivity index (χ1) is 16.5. The molecule has 0 unspecified atom stereocenters. The summed E-state index contributed by atoms with van der Waals surface area (Å²) < 4.78 is 40.7. The van der Waals surface area contributed by atoms with Crippen LogP contribution in [0.3, 0.4) is 0 Å². The van der Waals surface area contributed by atoms with Crippen LogP contribution in [0.15, 0.2) is 0 Å². The molecule has 2 rings (SSSR count). The second kappa shape index (κ2) is 12.7. The van der Waals surface area contributed by atoms with Crippen LogP contribution in [0.5, 0.6) is 0 Å². The smallest absolute Gasteiger partial charge is 0.339 e. The van der Waals surface area contributed by atoms with E-state index in [4.69, 9.17) is 45.4 Å². The van der Waals surface area contributed by atoms with Crippen molar-refractivity contribution in [1.29, 1.82) is 0 Å². The Labute approximate surface area is 210 Å². The van der Waals surface area contributed by atoms with Gasteiger partial charge < -0.3 is 14.6 Å². The van der Waals surface area contributed by atoms with Crippen molar-refractivity contribution in [1.82, 2.24) is 0 Å². The lowest BCUT2D eigenvalue weighted by Gasteiger charge is -2.28. The molecule has 1 fully saturated rings. The molecule has 9 nitrogen and oxygen atoms in total. The van der Waals surface area contributed by atoms with E-state index in [0.29, 0.717) is 36.8 Å². The van der Waals surface area contributed by atoms with Gasteiger partial charge in [-0.1, -0.05) is 36.4 Å². The molecule has 0 bridgehead atoms. The molecule has 2 N–H and O–H groups in total. The highest BCUT2D eigenvalue weighted by atomic mass is 32.2. The minimum atomic E-state index is -4.24. The van der Waals surface area contributed by atoms with Crippen LogP contribution in [0.2, 0.25) is 0 Å². The van der Waals surface area contributed by atoms with Crippen LogP contribution in [0, 0.1) is 5.92 Å². The highest BCUT2D eigenvalue weighted by molar-refractivity contribution is 7.85. The molecule has 1 aliphatic carbocycles. The number of aromatic carboxylic acids is 1. The fourth-order valence-electron chi connectivity index (χ4n) is 4.36. The number of carbonyl (C=O) groups is 3. The quantitative estimate of drug-likeness (QED) is 0.250. The number of carboxylic acid groups (broad SMARTS) is 1. The number of hydrogen-bond acceptors (Lipinski definition) is 7. The van der Waals surface area contributed by atoms with Gasteiger partial charge in [-0.05, 0) is 36.8 Å². The van der Waals surface area contributed by atoms with E-state index in [1.54, 1.807) is 0 Å². The molecule has 1 aromatic rings. The van der Waals surface area contributed by atoms with Gasteiger partial charge in [0.25, 0.3) is 10.1 Å². The fourth-order valence-corrected chi connectivity index (χ4v) is 4.66. The maximum Gasteiger partial charge on any atom is 0.339 e. The minimum Gasteiger partial charge on any atom is -0.478 e. The first-order valence-electron chi connectivity index (χ1n) is 11.0. The number of hydrogen-bond donors (Lipinski definition) is 2. The summed E-state index contributed by atoms with van der Waals surface area (Å²) in [6.07, 6.45) is 0.223. The Morgan fingerprint density at radius 2 is 1.31 bits per heavy atom. The standard InChI is InChI=1S/C21H24B4O9S/c22-7-13-14(8-23)16(10-25)18(17(19(26)27)15(13)9-24)21(29)34-12-3-1-11(2-4-12)20(28)33-5-6-35(30,31)32/h11-12H,1-10H2,(H,26,27)(H,30,31,32). The highest BCUT2D eigenvalue weighted by Gasteiger charge is 2.33. The fraction of sp³-hybridized carbons (Fsp3) is 0.571. The summed E-state index contributed by atoms with van der Waals surface area (Å²) in [4.78, 5) is 37.4. The Morgan fingerprint density at radius 3 is 1.74 bits per heavy atom. The molecule has 0 aromatic heterocycles. The van der Waals surface area contributed by atoms with Crippen molar-refractivity contribution in [2.45, 2.75) is 57.1 Å². The van der Waals surface area contributed by atoms with Crippen LogP contribution in [0.25, 0.3) is 0 Å². The van der Waals surface area contributed by atoms with E-state index in [9.17, 15) is 27.9 Å². The summed E-state index contributed by atoms with van der Waals surface area (Å²) in [6, 6.07) is 0. The lowest BCUT2D eigenvalue weighted by atomic mass is 9.72. The van der Waals surface area contributed by atoms with Crippen molar-refractivity contribution < 1.29 is 41.9 Å². The van der Waals surface area contributed by atoms with E-state index in [2.05, 4.69) is 0 Å². The van der Waals surface area contributed by atoms with E-state index >= 15 is 0 Å². The normalized spacial score (nSPS) is 18.1. The average Bonchev–Trinajstić information content (AvgIpc) is 2.81. The molecular formula is C21H24B4O9S. The molecule has 8 radical (unpaired) electrons. The molecule has 0 saturated heterocycles. The zero-order chi connectivity index (χ0) is 26.3. The van der Waals surface area contributed by atoms with E-state index in [-0.39, 0.29) is 47.5 Å². The van der Waals surface area contributed by atoms with Crippen LogP contribution in [-0.2, 0) is 49.7 Å². The Morgan fingerprint density at radius 1 is 0.829 bits per heavy atom. The van der Waals surface area contributed by atoms with E-state index in [1.165, 1.54) is 0 Å². The largest absolute Gasteiger partial charge is 0.478 e. The van der Waals surface area contributed by atoms with E-state index in [1.807, 2.05) is 0 Å². The Bertz CT molecular complexity index is 1070. The highest BCUT2D eigenvalue weighted by Crippen LogP contribution is 2.32. The van der Waals surface area contributed by atoms with Gasteiger partial charge in [-0.15, -0.1) is 0 Å². The van der Waals surface area contributed by atoms with Gasteiger partial charge in [0.1, 0.15) is 18.5 Å². The molecule has 35 heavy (non-hydrogen) atoms. The molecule has 0 aliphatic heterocycles. The third-order valence-electron chi connectivity index (χ3n) is 6.05. The van der Waals surface area contributed by atoms with Crippen molar-refractivity contribution in [3.05, 3.63) is 33.4 Å². The molecule has 0 spiro atoms. The van der Waals surface area contributed by atoms with Crippen LogP contribution in [0.4, 0.5) is 0 Å². The summed E-state index contributed by atoms with van der Waals surface area (Å²) in [5.41, 5.74) is 0.822. The maximum absolute atomic E-state index is 13.2. The summed E-state index contributed by atoms with van der Waals surface area (Å²) in [5, 5.41) is 9.87. The number of carboxylic acids is 1. The number of benzene rings is 1. The predicted octanol–water partition coefficient (Wildman–Crippen LogP) is 0.205. The van der Waals surface area contributed by atoms with E-state index < -0.39 is 52.4 Å². The molecule has 0 heterocycles. The van der Waals surface area contributed by atoms with Crippen molar-refractivity contribution in [3.63, 3.8) is 0 Å². The van der Waals surface area contributed by atoms with Gasteiger partial charge in [-0.25, -0.2) is 9.59 Å². The number of carbonyl (C=O) groups excluding carboxylic acids is 2. The van der Waals surface area contributed by atoms with Crippen molar-refractivity contribution in [2.24, 2.45) is 5.92 Å². The zero-order valence-corrected chi connectivity index (χ0v) is 20.0. The molecule has 14 heteroatoms. The molecule has 1 saturated carbocycles. The molecule has 0 atom stereocenters. The number of rotatable bonds is 11. The second-order valence-electron chi connectivity index (χ2n) is 8.12. The SMILES string of the molecule is [B]Cc1c(C[B])c(C[B])c(C(=O)OC2CCC(C(=O)OCCS(=O)(=O)O)CC2)c(C(=O)O)c1C[B]. The second-order valence-corrected chi connectivity index (χ2v) is 9.69. The lowest BCUT2D eigenvalue weighted by molar-refractivity contribution is -0.149. The average molecular weight is 496 g/mol. The predicted molar refractivity (Wildman–Crippen MR) is 130 cm³/mol. The summed E-state index contributed by atoms with van der Waals surface area (Å²) in [7, 11) is 19.1. The van der Waals surface area contributed by atoms with Gasteiger partial charge in [0.2, 0.25) is 0 Å². The van der Waals surface area contributed by atoms with Crippen molar-refractivity contribution in [2.75, 3.05) is 12.4 Å². The Hall–Kier alpha value is -2.20. The lowest BCUT2D eigenvalue weighted by Crippen LogP contribution is -2.31. The van der Waals surface area contributed by atoms with Gasteiger partial charge in [-0.3, -0.25) is 9.35 Å². The third kappa shape index (κ3) is 7.16. The third-order valence-corrected chi connectivity index (χ3v) is 6.73. The maximum atomic E-state index is 13.2. The zero-order valence-electron chi connectivity index (χ0n) is 19.2. The van der Waals surface area contributed by atoms with Gasteiger partial charge in [0.15, 0.2) is 0 Å². The van der Waals surface area contributed by atoms with Gasteiger partial charge in [0, 0.05) is 0 Å². The van der Waals surface area contributed by atoms with Crippen LogP contribution < -0.4 is 0 Å². The van der Waals surface area contributed by atoms with Crippen molar-refractivity contribution >= 4 is 59.4 Å². The van der Waals surface area contributed by atoms with E-state index in [0.717, 1.165) is 0 Å². The summed E-state index contributed by atoms with van der Waals surface area (Å²) in [5.74, 6) is -4.07.